The Kier molecular flexibility index (Phi) is 4.18. The molecule has 2 rings (SSSR count). The number of hydrogen-bond donors (Lipinski definition) is 1. The Hall–Kier alpha value is -2.16. The molecule has 2 aromatic rings. The minimum Gasteiger partial charge on any atom is -0.399 e. The second-order valence-electron chi connectivity index (χ2n) is 4.76. The Morgan fingerprint density at radius 2 is 1.75 bits per heavy atom. The highest BCUT2D eigenvalue weighted by atomic mass is 19.1. The van der Waals surface area contributed by atoms with E-state index in [1.165, 1.54) is 23.8 Å². The van der Waals surface area contributed by atoms with Crippen LogP contribution in [0.15, 0.2) is 36.4 Å². The molecule has 0 amide bonds. The average molecular weight is 271 g/mol. The van der Waals surface area contributed by atoms with Gasteiger partial charge in [0.15, 0.2) is 5.78 Å². The smallest absolute Gasteiger partial charge is 0.195 e. The second-order valence-corrected chi connectivity index (χ2v) is 4.76. The van der Waals surface area contributed by atoms with Crippen LogP contribution in [0.4, 0.5) is 10.1 Å². The van der Waals surface area contributed by atoms with Crippen molar-refractivity contribution in [2.75, 3.05) is 5.73 Å². The number of ketones is 1. The topological polar surface area (TPSA) is 43.1 Å². The number of anilines is 1. The molecular formula is C17H18FNO. The SMILES string of the molecule is CCc1ccc(C(=O)c2ccc(N)cc2F)cc1CC. The van der Waals surface area contributed by atoms with Gasteiger partial charge in [0, 0.05) is 11.3 Å². The van der Waals surface area contributed by atoms with E-state index in [0.29, 0.717) is 11.3 Å². The first kappa shape index (κ1) is 14.3. The van der Waals surface area contributed by atoms with Crippen molar-refractivity contribution in [3.8, 4) is 0 Å². The van der Waals surface area contributed by atoms with Crippen LogP contribution in [-0.2, 0) is 12.8 Å². The first-order valence-corrected chi connectivity index (χ1v) is 6.78. The van der Waals surface area contributed by atoms with E-state index in [-0.39, 0.29) is 11.3 Å². The molecule has 0 bridgehead atoms. The summed E-state index contributed by atoms with van der Waals surface area (Å²) in [6.07, 6.45) is 1.78. The fourth-order valence-corrected chi connectivity index (χ4v) is 2.31. The summed E-state index contributed by atoms with van der Waals surface area (Å²) in [4.78, 5) is 12.4. The van der Waals surface area contributed by atoms with Gasteiger partial charge in [-0.05, 0) is 48.2 Å². The number of nitrogen functional groups attached to an aromatic ring is 1. The zero-order chi connectivity index (χ0) is 14.7. The van der Waals surface area contributed by atoms with E-state index >= 15 is 0 Å². The number of halogens is 1. The fourth-order valence-electron chi connectivity index (χ4n) is 2.31. The molecule has 3 heteroatoms. The minimum absolute atomic E-state index is 0.0606. The largest absolute Gasteiger partial charge is 0.399 e. The lowest BCUT2D eigenvalue weighted by Crippen LogP contribution is -2.06. The van der Waals surface area contributed by atoms with Crippen molar-refractivity contribution in [3.63, 3.8) is 0 Å². The molecule has 0 aliphatic heterocycles. The van der Waals surface area contributed by atoms with Crippen molar-refractivity contribution in [1.82, 2.24) is 0 Å². The third kappa shape index (κ3) is 2.72. The van der Waals surface area contributed by atoms with Crippen molar-refractivity contribution in [1.29, 1.82) is 0 Å². The molecule has 2 aromatic carbocycles. The molecule has 0 spiro atoms. The van der Waals surface area contributed by atoms with Crippen LogP contribution in [0.3, 0.4) is 0 Å². The maximum atomic E-state index is 13.8. The highest BCUT2D eigenvalue weighted by molar-refractivity contribution is 6.09. The molecule has 0 aromatic heterocycles. The monoisotopic (exact) mass is 271 g/mol. The van der Waals surface area contributed by atoms with E-state index in [0.717, 1.165) is 18.4 Å². The van der Waals surface area contributed by atoms with E-state index in [4.69, 9.17) is 5.73 Å². The quantitative estimate of drug-likeness (QED) is 0.679. The van der Waals surface area contributed by atoms with Crippen molar-refractivity contribution in [2.24, 2.45) is 0 Å². The Labute approximate surface area is 118 Å². The van der Waals surface area contributed by atoms with Crippen molar-refractivity contribution in [2.45, 2.75) is 26.7 Å². The zero-order valence-corrected chi connectivity index (χ0v) is 11.7. The number of benzene rings is 2. The average Bonchev–Trinajstić information content (AvgIpc) is 2.45. The van der Waals surface area contributed by atoms with Crippen LogP contribution < -0.4 is 5.73 Å². The van der Waals surface area contributed by atoms with Gasteiger partial charge in [-0.2, -0.15) is 0 Å². The summed E-state index contributed by atoms with van der Waals surface area (Å²) in [5, 5.41) is 0. The standard InChI is InChI=1S/C17H18FNO/c1-3-11-5-6-13(9-12(11)4-2)17(20)15-8-7-14(19)10-16(15)18/h5-10H,3-4,19H2,1-2H3. The number of aryl methyl sites for hydroxylation is 2. The fraction of sp³-hybridized carbons (Fsp3) is 0.235. The normalized spacial score (nSPS) is 10.6. The van der Waals surface area contributed by atoms with Gasteiger partial charge in [0.1, 0.15) is 5.82 Å². The molecule has 0 fully saturated rings. The molecule has 0 unspecified atom stereocenters. The number of carbonyl (C=O) groups excluding carboxylic acids is 1. The molecular weight excluding hydrogens is 253 g/mol. The van der Waals surface area contributed by atoms with Gasteiger partial charge in [0.2, 0.25) is 0 Å². The molecule has 2 N–H and O–H groups in total. The van der Waals surface area contributed by atoms with E-state index in [9.17, 15) is 9.18 Å². The Morgan fingerprint density at radius 1 is 1.05 bits per heavy atom. The van der Waals surface area contributed by atoms with E-state index in [1.54, 1.807) is 6.07 Å². The zero-order valence-electron chi connectivity index (χ0n) is 11.7. The van der Waals surface area contributed by atoms with Gasteiger partial charge in [-0.3, -0.25) is 4.79 Å². The molecule has 0 radical (unpaired) electrons. The van der Waals surface area contributed by atoms with Crippen LogP contribution in [0.2, 0.25) is 0 Å². The number of rotatable bonds is 4. The van der Waals surface area contributed by atoms with Gasteiger partial charge in [0.05, 0.1) is 5.56 Å². The summed E-state index contributed by atoms with van der Waals surface area (Å²) in [5.74, 6) is -0.882. The lowest BCUT2D eigenvalue weighted by atomic mass is 9.95. The summed E-state index contributed by atoms with van der Waals surface area (Å²) in [7, 11) is 0. The van der Waals surface area contributed by atoms with Crippen LogP contribution in [0.1, 0.15) is 40.9 Å². The molecule has 0 heterocycles. The first-order chi connectivity index (χ1) is 9.56. The number of hydrogen-bond acceptors (Lipinski definition) is 2. The molecule has 0 aliphatic rings. The van der Waals surface area contributed by atoms with Crippen LogP contribution in [0.5, 0.6) is 0 Å². The summed E-state index contributed by atoms with van der Waals surface area (Å²) in [6.45, 7) is 4.13. The number of carbonyl (C=O) groups is 1. The van der Waals surface area contributed by atoms with Gasteiger partial charge in [-0.1, -0.05) is 26.0 Å². The van der Waals surface area contributed by atoms with Crippen LogP contribution in [0.25, 0.3) is 0 Å². The lowest BCUT2D eigenvalue weighted by molar-refractivity contribution is 0.103. The molecule has 0 saturated heterocycles. The Balaban J connectivity index is 2.43. The van der Waals surface area contributed by atoms with E-state index in [1.807, 2.05) is 19.1 Å². The van der Waals surface area contributed by atoms with Gasteiger partial charge in [-0.25, -0.2) is 4.39 Å². The van der Waals surface area contributed by atoms with Gasteiger partial charge in [-0.15, -0.1) is 0 Å². The minimum atomic E-state index is -0.576. The molecule has 104 valence electrons. The third-order valence-electron chi connectivity index (χ3n) is 3.47. The molecule has 0 atom stereocenters. The van der Waals surface area contributed by atoms with Crippen LogP contribution in [-0.4, -0.2) is 5.78 Å². The lowest BCUT2D eigenvalue weighted by Gasteiger charge is -2.09. The molecule has 2 nitrogen and oxygen atoms in total. The summed E-state index contributed by atoms with van der Waals surface area (Å²) >= 11 is 0. The van der Waals surface area contributed by atoms with Crippen molar-refractivity contribution >= 4 is 11.5 Å². The van der Waals surface area contributed by atoms with Crippen LogP contribution in [0, 0.1) is 5.82 Å². The van der Waals surface area contributed by atoms with E-state index < -0.39 is 5.82 Å². The predicted molar refractivity (Wildman–Crippen MR) is 79.4 cm³/mol. The summed E-state index contributed by atoms with van der Waals surface area (Å²) < 4.78 is 13.8. The predicted octanol–water partition coefficient (Wildman–Crippen LogP) is 3.76. The van der Waals surface area contributed by atoms with Crippen molar-refractivity contribution in [3.05, 3.63) is 64.5 Å². The molecule has 0 aliphatic carbocycles. The summed E-state index contributed by atoms with van der Waals surface area (Å²) in [6, 6.07) is 9.71. The maximum Gasteiger partial charge on any atom is 0.195 e. The first-order valence-electron chi connectivity index (χ1n) is 6.78. The highest BCUT2D eigenvalue weighted by Crippen LogP contribution is 2.19. The van der Waals surface area contributed by atoms with Gasteiger partial charge in [0.25, 0.3) is 0 Å². The maximum absolute atomic E-state index is 13.8. The summed E-state index contributed by atoms with van der Waals surface area (Å²) in [5.41, 5.74) is 8.75. The van der Waals surface area contributed by atoms with Crippen LogP contribution >= 0.6 is 0 Å². The second kappa shape index (κ2) is 5.87. The third-order valence-corrected chi connectivity index (χ3v) is 3.47. The Bertz CT molecular complexity index is 649. The van der Waals surface area contributed by atoms with Gasteiger partial charge >= 0.3 is 0 Å². The Morgan fingerprint density at radius 3 is 2.35 bits per heavy atom. The van der Waals surface area contributed by atoms with Gasteiger partial charge < -0.3 is 5.73 Å². The number of nitrogens with two attached hydrogens (primary N) is 1. The van der Waals surface area contributed by atoms with Crippen molar-refractivity contribution < 1.29 is 9.18 Å². The highest BCUT2D eigenvalue weighted by Gasteiger charge is 2.15. The van der Waals surface area contributed by atoms with E-state index in [2.05, 4.69) is 6.92 Å². The molecule has 0 saturated carbocycles. The molecule has 20 heavy (non-hydrogen) atoms.